The molecule has 0 radical (unpaired) electrons. The van der Waals surface area contributed by atoms with Crippen molar-refractivity contribution in [1.82, 2.24) is 0 Å². The van der Waals surface area contributed by atoms with Crippen LogP contribution < -0.4 is 0 Å². The van der Waals surface area contributed by atoms with Crippen LogP contribution >= 0.6 is 11.6 Å². The van der Waals surface area contributed by atoms with Gasteiger partial charge in [0.1, 0.15) is 11.9 Å². The highest BCUT2D eigenvalue weighted by Crippen LogP contribution is 2.20. The summed E-state index contributed by atoms with van der Waals surface area (Å²) in [5.41, 5.74) is 0.405. The van der Waals surface area contributed by atoms with Crippen molar-refractivity contribution in [2.75, 3.05) is 5.88 Å². The zero-order valence-corrected chi connectivity index (χ0v) is 8.65. The van der Waals surface area contributed by atoms with E-state index in [1.807, 2.05) is 0 Å². The van der Waals surface area contributed by atoms with E-state index in [2.05, 4.69) is 0 Å². The maximum Gasteiger partial charge on any atom is 0.128 e. The Labute approximate surface area is 91.7 Å². The molecule has 0 bridgehead atoms. The van der Waals surface area contributed by atoms with Crippen molar-refractivity contribution in [2.45, 2.75) is 18.8 Å². The van der Waals surface area contributed by atoms with Crippen molar-refractivity contribution < 1.29 is 19.7 Å². The van der Waals surface area contributed by atoms with Crippen molar-refractivity contribution in [3.05, 3.63) is 35.1 Å². The Morgan fingerprint density at radius 2 is 2.00 bits per heavy atom. The lowest BCUT2D eigenvalue weighted by Crippen LogP contribution is -2.19. The van der Waals surface area contributed by atoms with Gasteiger partial charge in [0.15, 0.2) is 0 Å². The predicted octanol–water partition coefficient (Wildman–Crippen LogP) is 0.951. The number of benzene rings is 1. The lowest BCUT2D eigenvalue weighted by molar-refractivity contribution is 0.0325. The molecule has 0 aliphatic carbocycles. The fraction of sp³-hybridized carbons (Fsp3) is 0.400. The Balaban J connectivity index is 2.95. The van der Waals surface area contributed by atoms with Crippen LogP contribution in [-0.2, 0) is 6.61 Å². The molecule has 3 N–H and O–H groups in total. The summed E-state index contributed by atoms with van der Waals surface area (Å²) >= 11 is 5.37. The van der Waals surface area contributed by atoms with Gasteiger partial charge in [-0.15, -0.1) is 11.6 Å². The lowest BCUT2D eigenvalue weighted by Gasteiger charge is -2.16. The van der Waals surface area contributed by atoms with Gasteiger partial charge < -0.3 is 15.3 Å². The van der Waals surface area contributed by atoms with Gasteiger partial charge in [0, 0.05) is 5.56 Å². The van der Waals surface area contributed by atoms with Crippen LogP contribution in [0.1, 0.15) is 17.2 Å². The molecule has 2 atom stereocenters. The summed E-state index contributed by atoms with van der Waals surface area (Å²) in [6.45, 7) is -0.455. The molecule has 0 spiro atoms. The molecule has 0 aromatic heterocycles. The molecule has 0 amide bonds. The van der Waals surface area contributed by atoms with Crippen molar-refractivity contribution in [2.24, 2.45) is 0 Å². The first-order valence-electron chi connectivity index (χ1n) is 4.41. The number of alkyl halides is 1. The summed E-state index contributed by atoms with van der Waals surface area (Å²) < 4.78 is 13.0. The van der Waals surface area contributed by atoms with E-state index in [9.17, 15) is 14.6 Å². The van der Waals surface area contributed by atoms with Gasteiger partial charge in [-0.05, 0) is 17.7 Å². The summed E-state index contributed by atoms with van der Waals surface area (Å²) in [6.07, 6.45) is -2.28. The molecule has 15 heavy (non-hydrogen) atoms. The van der Waals surface area contributed by atoms with Gasteiger partial charge in [-0.3, -0.25) is 0 Å². The third-order valence-electron chi connectivity index (χ3n) is 2.10. The topological polar surface area (TPSA) is 60.7 Å². The Morgan fingerprint density at radius 3 is 2.53 bits per heavy atom. The molecule has 1 aromatic rings. The number of halogens is 2. The molecule has 5 heteroatoms. The van der Waals surface area contributed by atoms with Crippen molar-refractivity contribution in [3.8, 4) is 0 Å². The van der Waals surface area contributed by atoms with E-state index in [1.54, 1.807) is 0 Å². The van der Waals surface area contributed by atoms with Crippen LogP contribution in [0.25, 0.3) is 0 Å². The molecule has 3 nitrogen and oxygen atoms in total. The Bertz CT molecular complexity index is 332. The molecule has 1 rings (SSSR count). The van der Waals surface area contributed by atoms with E-state index in [4.69, 9.17) is 16.7 Å². The third-order valence-corrected chi connectivity index (χ3v) is 2.42. The normalized spacial score (nSPS) is 15.0. The van der Waals surface area contributed by atoms with Crippen LogP contribution in [0.2, 0.25) is 0 Å². The fourth-order valence-electron chi connectivity index (χ4n) is 1.21. The third kappa shape index (κ3) is 2.89. The zero-order chi connectivity index (χ0) is 11.4. The number of hydrogen-bond donors (Lipinski definition) is 3. The Morgan fingerprint density at radius 1 is 1.33 bits per heavy atom. The second kappa shape index (κ2) is 5.42. The second-order valence-electron chi connectivity index (χ2n) is 3.18. The van der Waals surface area contributed by atoms with Gasteiger partial charge >= 0.3 is 0 Å². The number of aliphatic hydroxyl groups excluding tert-OH is 3. The highest BCUT2D eigenvalue weighted by atomic mass is 35.5. The molecule has 0 heterocycles. The SMILES string of the molecule is OCc1cc(C(O)C(O)CCl)ccc1F. The van der Waals surface area contributed by atoms with E-state index in [0.717, 1.165) is 6.07 Å². The fourth-order valence-corrected chi connectivity index (χ4v) is 1.38. The molecule has 0 fully saturated rings. The molecule has 0 aliphatic heterocycles. The Kier molecular flexibility index (Phi) is 4.47. The minimum Gasteiger partial charge on any atom is -0.392 e. The van der Waals surface area contributed by atoms with Crippen LogP contribution in [-0.4, -0.2) is 27.3 Å². The molecule has 0 saturated heterocycles. The van der Waals surface area contributed by atoms with Gasteiger partial charge in [-0.2, -0.15) is 0 Å². The molecule has 1 aromatic carbocycles. The highest BCUT2D eigenvalue weighted by molar-refractivity contribution is 6.18. The summed E-state index contributed by atoms with van der Waals surface area (Å²) in [6, 6.07) is 3.77. The van der Waals surface area contributed by atoms with Gasteiger partial charge in [-0.1, -0.05) is 6.07 Å². The number of rotatable bonds is 4. The van der Waals surface area contributed by atoms with Crippen LogP contribution in [0.3, 0.4) is 0 Å². The minimum absolute atomic E-state index is 0.0772. The standard InChI is InChI=1S/C10H12ClFO3/c11-4-9(14)10(15)6-1-2-8(12)7(3-6)5-13/h1-3,9-10,13-15H,4-5H2. The maximum atomic E-state index is 13.0. The van der Waals surface area contributed by atoms with Crippen LogP contribution in [0.15, 0.2) is 18.2 Å². The minimum atomic E-state index is -1.17. The van der Waals surface area contributed by atoms with Gasteiger partial charge in [-0.25, -0.2) is 4.39 Å². The average Bonchev–Trinajstić information content (AvgIpc) is 2.27. The number of hydrogen-bond acceptors (Lipinski definition) is 3. The monoisotopic (exact) mass is 234 g/mol. The first-order valence-corrected chi connectivity index (χ1v) is 4.95. The molecule has 0 aliphatic rings. The maximum absolute atomic E-state index is 13.0. The average molecular weight is 235 g/mol. The van der Waals surface area contributed by atoms with E-state index in [1.165, 1.54) is 12.1 Å². The quantitative estimate of drug-likeness (QED) is 0.680. The summed E-state index contributed by atoms with van der Waals surface area (Å²) in [7, 11) is 0. The smallest absolute Gasteiger partial charge is 0.128 e. The number of aliphatic hydroxyl groups is 3. The van der Waals surface area contributed by atoms with Gasteiger partial charge in [0.25, 0.3) is 0 Å². The van der Waals surface area contributed by atoms with Crippen molar-refractivity contribution >= 4 is 11.6 Å². The van der Waals surface area contributed by atoms with Crippen LogP contribution in [0.5, 0.6) is 0 Å². The molecule has 2 unspecified atom stereocenters. The van der Waals surface area contributed by atoms with E-state index in [0.29, 0.717) is 5.56 Å². The largest absolute Gasteiger partial charge is 0.392 e. The molecule has 84 valence electrons. The highest BCUT2D eigenvalue weighted by Gasteiger charge is 2.18. The predicted molar refractivity (Wildman–Crippen MR) is 54.0 cm³/mol. The van der Waals surface area contributed by atoms with E-state index < -0.39 is 24.6 Å². The van der Waals surface area contributed by atoms with Crippen molar-refractivity contribution in [1.29, 1.82) is 0 Å². The molecular formula is C10H12ClFO3. The van der Waals surface area contributed by atoms with Gasteiger partial charge in [0.2, 0.25) is 0 Å². The zero-order valence-electron chi connectivity index (χ0n) is 7.90. The van der Waals surface area contributed by atoms with Gasteiger partial charge in [0.05, 0.1) is 18.6 Å². The first kappa shape index (κ1) is 12.4. The Hall–Kier alpha value is -0.680. The molecule has 0 saturated carbocycles. The summed E-state index contributed by atoms with van der Waals surface area (Å²) in [5.74, 6) is -0.665. The summed E-state index contributed by atoms with van der Waals surface area (Å²) in [4.78, 5) is 0. The first-order chi connectivity index (χ1) is 7.10. The molecular weight excluding hydrogens is 223 g/mol. The van der Waals surface area contributed by atoms with Crippen molar-refractivity contribution in [3.63, 3.8) is 0 Å². The summed E-state index contributed by atoms with van der Waals surface area (Å²) in [5, 5.41) is 27.6. The second-order valence-corrected chi connectivity index (χ2v) is 3.48. The van der Waals surface area contributed by atoms with Crippen LogP contribution in [0, 0.1) is 5.82 Å². The lowest BCUT2D eigenvalue weighted by atomic mass is 10.0. The van der Waals surface area contributed by atoms with Crippen LogP contribution in [0.4, 0.5) is 4.39 Å². The van der Waals surface area contributed by atoms with E-state index in [-0.39, 0.29) is 11.4 Å². The van der Waals surface area contributed by atoms with E-state index >= 15 is 0 Å².